The van der Waals surface area contributed by atoms with Crippen molar-refractivity contribution < 1.29 is 37.0 Å². The van der Waals surface area contributed by atoms with E-state index < -0.39 is 24.2 Å². The van der Waals surface area contributed by atoms with Crippen LogP contribution in [0.4, 0.5) is 18.0 Å². The minimum absolute atomic E-state index is 0.0165. The van der Waals surface area contributed by atoms with E-state index in [0.717, 1.165) is 29.1 Å². The van der Waals surface area contributed by atoms with Crippen LogP contribution in [-0.4, -0.2) is 39.9 Å². The zero-order valence-electron chi connectivity index (χ0n) is 15.1. The summed E-state index contributed by atoms with van der Waals surface area (Å²) in [5.41, 5.74) is 0.156. The fourth-order valence-corrected chi connectivity index (χ4v) is 2.11. The standard InChI is InChI=1S/C17H15ClF3N3O5/c1-10(2)8-27-16(26)28-14(25)3-4-24-9-22-15(23-24)11-5-12(18)7-13(6-11)29-17(19,20)21/h3-7,9-10H,8H2,1-2H3. The topological polar surface area (TPSA) is 92.5 Å². The highest BCUT2D eigenvalue weighted by Crippen LogP contribution is 2.30. The Hall–Kier alpha value is -3.08. The van der Waals surface area contributed by atoms with Crippen LogP contribution >= 0.6 is 11.6 Å². The number of ether oxygens (including phenoxy) is 3. The van der Waals surface area contributed by atoms with Gasteiger partial charge in [-0.2, -0.15) is 0 Å². The van der Waals surface area contributed by atoms with Crippen LogP contribution < -0.4 is 4.74 Å². The van der Waals surface area contributed by atoms with Crippen LogP contribution in [0.15, 0.2) is 30.6 Å². The maximum absolute atomic E-state index is 12.4. The summed E-state index contributed by atoms with van der Waals surface area (Å²) in [5, 5.41) is 3.95. The quantitative estimate of drug-likeness (QED) is 0.381. The maximum Gasteiger partial charge on any atom is 0.573 e. The van der Waals surface area contributed by atoms with E-state index in [1.54, 1.807) is 0 Å². The van der Waals surface area contributed by atoms with Crippen molar-refractivity contribution in [2.75, 3.05) is 6.61 Å². The first-order valence-electron chi connectivity index (χ1n) is 8.06. The highest BCUT2D eigenvalue weighted by molar-refractivity contribution is 6.31. The van der Waals surface area contributed by atoms with Crippen molar-refractivity contribution >= 4 is 29.9 Å². The smallest absolute Gasteiger partial charge is 0.434 e. The second-order valence-electron chi connectivity index (χ2n) is 5.96. The van der Waals surface area contributed by atoms with Crippen LogP contribution in [0.25, 0.3) is 17.6 Å². The predicted octanol–water partition coefficient (Wildman–Crippen LogP) is 4.30. The molecule has 0 fully saturated rings. The lowest BCUT2D eigenvalue weighted by molar-refractivity contribution is -0.274. The number of nitrogens with zero attached hydrogens (tertiary/aromatic N) is 3. The Morgan fingerprint density at radius 3 is 2.66 bits per heavy atom. The van der Waals surface area contributed by atoms with Crippen molar-refractivity contribution in [1.29, 1.82) is 0 Å². The molecule has 0 amide bonds. The summed E-state index contributed by atoms with van der Waals surface area (Å²) in [6, 6.07) is 3.39. The third kappa shape index (κ3) is 7.82. The van der Waals surface area contributed by atoms with Crippen LogP contribution in [0.5, 0.6) is 5.75 Å². The molecule has 156 valence electrons. The molecule has 1 aromatic heterocycles. The van der Waals surface area contributed by atoms with Gasteiger partial charge in [-0.25, -0.2) is 19.3 Å². The van der Waals surface area contributed by atoms with E-state index in [0.29, 0.717) is 0 Å². The van der Waals surface area contributed by atoms with Crippen molar-refractivity contribution in [3.8, 4) is 17.1 Å². The number of halogens is 4. The van der Waals surface area contributed by atoms with Gasteiger partial charge in [0.1, 0.15) is 12.1 Å². The van der Waals surface area contributed by atoms with Gasteiger partial charge in [0, 0.05) is 22.9 Å². The molecular weight excluding hydrogens is 419 g/mol. The number of hydrogen-bond acceptors (Lipinski definition) is 7. The molecular formula is C17H15ClF3N3O5. The van der Waals surface area contributed by atoms with Crippen molar-refractivity contribution in [3.05, 3.63) is 35.6 Å². The van der Waals surface area contributed by atoms with Gasteiger partial charge in [-0.1, -0.05) is 25.4 Å². The Balaban J connectivity index is 2.04. The SMILES string of the molecule is CC(C)COC(=O)OC(=O)C=Cn1cnc(-c2cc(Cl)cc(OC(F)(F)F)c2)n1. The largest absolute Gasteiger partial charge is 0.573 e. The lowest BCUT2D eigenvalue weighted by Crippen LogP contribution is -2.17. The molecule has 1 aromatic carbocycles. The summed E-state index contributed by atoms with van der Waals surface area (Å²) in [6.45, 7) is 3.73. The Morgan fingerprint density at radius 2 is 2.00 bits per heavy atom. The zero-order valence-corrected chi connectivity index (χ0v) is 15.9. The minimum atomic E-state index is -4.88. The Labute approximate surface area is 167 Å². The number of aromatic nitrogens is 3. The fourth-order valence-electron chi connectivity index (χ4n) is 1.88. The van der Waals surface area contributed by atoms with Crippen molar-refractivity contribution in [1.82, 2.24) is 14.8 Å². The molecule has 1 heterocycles. The van der Waals surface area contributed by atoms with Gasteiger partial charge in [-0.05, 0) is 24.1 Å². The first kappa shape index (κ1) is 22.2. The maximum atomic E-state index is 12.4. The van der Waals surface area contributed by atoms with Crippen LogP contribution in [-0.2, 0) is 14.3 Å². The van der Waals surface area contributed by atoms with E-state index in [9.17, 15) is 22.8 Å². The summed E-state index contributed by atoms with van der Waals surface area (Å²) in [5.74, 6) is -1.43. The average molecular weight is 434 g/mol. The fraction of sp³-hybridized carbons (Fsp3) is 0.294. The lowest BCUT2D eigenvalue weighted by Gasteiger charge is -2.09. The number of esters is 1. The highest BCUT2D eigenvalue weighted by Gasteiger charge is 2.31. The van der Waals surface area contributed by atoms with Gasteiger partial charge in [0.2, 0.25) is 0 Å². The average Bonchev–Trinajstić information content (AvgIpc) is 3.05. The van der Waals surface area contributed by atoms with Crippen molar-refractivity contribution in [2.45, 2.75) is 20.2 Å². The van der Waals surface area contributed by atoms with E-state index in [2.05, 4.69) is 24.3 Å². The molecule has 0 radical (unpaired) electrons. The van der Waals surface area contributed by atoms with E-state index in [-0.39, 0.29) is 28.9 Å². The second kappa shape index (κ2) is 9.41. The highest BCUT2D eigenvalue weighted by atomic mass is 35.5. The lowest BCUT2D eigenvalue weighted by atomic mass is 10.2. The van der Waals surface area contributed by atoms with Crippen LogP contribution in [0.1, 0.15) is 13.8 Å². The van der Waals surface area contributed by atoms with E-state index in [4.69, 9.17) is 11.6 Å². The zero-order chi connectivity index (χ0) is 21.6. The molecule has 29 heavy (non-hydrogen) atoms. The van der Waals surface area contributed by atoms with E-state index >= 15 is 0 Å². The predicted molar refractivity (Wildman–Crippen MR) is 94.8 cm³/mol. The number of hydrogen-bond donors (Lipinski definition) is 0. The third-order valence-electron chi connectivity index (χ3n) is 2.95. The summed E-state index contributed by atoms with van der Waals surface area (Å²) in [6.07, 6.45) is -2.81. The molecule has 0 spiro atoms. The first-order chi connectivity index (χ1) is 13.5. The molecule has 0 unspecified atom stereocenters. The number of carbonyl (C=O) groups excluding carboxylic acids is 2. The molecule has 8 nitrogen and oxygen atoms in total. The number of alkyl halides is 3. The molecule has 0 N–H and O–H groups in total. The van der Waals surface area contributed by atoms with Crippen LogP contribution in [0.3, 0.4) is 0 Å². The molecule has 0 aliphatic carbocycles. The van der Waals surface area contributed by atoms with Gasteiger partial charge in [0.25, 0.3) is 0 Å². The summed E-state index contributed by atoms with van der Waals surface area (Å²) in [4.78, 5) is 26.8. The van der Waals surface area contributed by atoms with E-state index in [1.807, 2.05) is 13.8 Å². The minimum Gasteiger partial charge on any atom is -0.434 e. The molecule has 2 rings (SSSR count). The second-order valence-corrected chi connectivity index (χ2v) is 6.40. The van der Waals surface area contributed by atoms with Gasteiger partial charge in [0.05, 0.1) is 6.61 Å². The molecule has 12 heteroatoms. The summed E-state index contributed by atoms with van der Waals surface area (Å²) >= 11 is 5.80. The third-order valence-corrected chi connectivity index (χ3v) is 3.17. The van der Waals surface area contributed by atoms with Crippen molar-refractivity contribution in [3.63, 3.8) is 0 Å². The Bertz CT molecular complexity index is 912. The van der Waals surface area contributed by atoms with Crippen molar-refractivity contribution in [2.24, 2.45) is 5.92 Å². The van der Waals surface area contributed by atoms with Crippen LogP contribution in [0.2, 0.25) is 5.02 Å². The van der Waals surface area contributed by atoms with Crippen LogP contribution in [0, 0.1) is 5.92 Å². The monoisotopic (exact) mass is 433 g/mol. The molecule has 0 bridgehead atoms. The Kier molecular flexibility index (Phi) is 7.21. The molecule has 0 atom stereocenters. The molecule has 0 saturated carbocycles. The number of benzene rings is 1. The van der Waals surface area contributed by atoms with E-state index in [1.165, 1.54) is 12.4 Å². The number of carbonyl (C=O) groups is 2. The normalized spacial score (nSPS) is 11.7. The van der Waals surface area contributed by atoms with Gasteiger partial charge in [0.15, 0.2) is 5.82 Å². The van der Waals surface area contributed by atoms with Gasteiger partial charge < -0.3 is 14.2 Å². The van der Waals surface area contributed by atoms with Gasteiger partial charge >= 0.3 is 18.5 Å². The molecule has 0 saturated heterocycles. The number of rotatable bonds is 6. The molecule has 0 aliphatic rings. The molecule has 2 aromatic rings. The molecule has 0 aliphatic heterocycles. The first-order valence-corrected chi connectivity index (χ1v) is 8.44. The van der Waals surface area contributed by atoms with Gasteiger partial charge in [-0.15, -0.1) is 18.3 Å². The Morgan fingerprint density at radius 1 is 1.28 bits per heavy atom. The summed E-state index contributed by atoms with van der Waals surface area (Å²) < 4.78 is 51.2. The van der Waals surface area contributed by atoms with Gasteiger partial charge in [-0.3, -0.25) is 0 Å². The summed E-state index contributed by atoms with van der Waals surface area (Å²) in [7, 11) is 0.